The molecule has 0 amide bonds. The molecule has 1 heterocycles. The molecule has 114 valence electrons. The van der Waals surface area contributed by atoms with Crippen LogP contribution in [-0.2, 0) is 22.8 Å². The van der Waals surface area contributed by atoms with Crippen LogP contribution >= 0.6 is 0 Å². The molecule has 1 N–H and O–H groups in total. The molecule has 8 heteroatoms. The minimum absolute atomic E-state index is 0.128. The number of aliphatic hydroxyl groups is 1. The van der Waals surface area contributed by atoms with E-state index < -0.39 is 33.3 Å². The Labute approximate surface area is 116 Å². The molecule has 0 saturated heterocycles. The van der Waals surface area contributed by atoms with Crippen molar-refractivity contribution in [3.8, 4) is 0 Å². The third-order valence-corrected chi connectivity index (χ3v) is 4.41. The first-order valence-electron chi connectivity index (χ1n) is 6.39. The number of hydrogen-bond donors (Lipinski definition) is 1. The molecule has 0 fully saturated rings. The Bertz CT molecular complexity index is 623. The van der Waals surface area contributed by atoms with Crippen molar-refractivity contribution in [1.29, 1.82) is 0 Å². The van der Waals surface area contributed by atoms with Gasteiger partial charge >= 0.3 is 0 Å². The lowest BCUT2D eigenvalue weighted by atomic mass is 10.1. The Morgan fingerprint density at radius 3 is 2.60 bits per heavy atom. The van der Waals surface area contributed by atoms with E-state index in [9.17, 15) is 22.3 Å². The molecule has 5 nitrogen and oxygen atoms in total. The van der Waals surface area contributed by atoms with Crippen molar-refractivity contribution in [2.45, 2.75) is 50.3 Å². The highest BCUT2D eigenvalue weighted by Gasteiger charge is 2.51. The number of hydrogen-bond acceptors (Lipinski definition) is 4. The van der Waals surface area contributed by atoms with Crippen LogP contribution in [-0.4, -0.2) is 35.5 Å². The molecular formula is C12H18F2N2O3S. The third kappa shape index (κ3) is 2.58. The molecule has 1 aromatic heterocycles. The Morgan fingerprint density at radius 1 is 1.50 bits per heavy atom. The maximum absolute atomic E-state index is 13.6. The van der Waals surface area contributed by atoms with Gasteiger partial charge in [0.2, 0.25) is 0 Å². The van der Waals surface area contributed by atoms with Gasteiger partial charge in [-0.2, -0.15) is 5.10 Å². The summed E-state index contributed by atoms with van der Waals surface area (Å²) in [6, 6.07) is 0. The topological polar surface area (TPSA) is 72.2 Å². The molecule has 20 heavy (non-hydrogen) atoms. The van der Waals surface area contributed by atoms with E-state index in [2.05, 4.69) is 5.10 Å². The van der Waals surface area contributed by atoms with Crippen LogP contribution in [0.4, 0.5) is 8.78 Å². The highest BCUT2D eigenvalue weighted by molar-refractivity contribution is 7.90. The second kappa shape index (κ2) is 4.77. The van der Waals surface area contributed by atoms with E-state index in [1.54, 1.807) is 0 Å². The van der Waals surface area contributed by atoms with Gasteiger partial charge in [-0.15, -0.1) is 0 Å². The van der Waals surface area contributed by atoms with Gasteiger partial charge in [0.1, 0.15) is 6.10 Å². The van der Waals surface area contributed by atoms with Crippen LogP contribution in [0.1, 0.15) is 37.6 Å². The van der Waals surface area contributed by atoms with Crippen molar-refractivity contribution in [2.75, 3.05) is 6.26 Å². The highest BCUT2D eigenvalue weighted by Crippen LogP contribution is 2.45. The Balaban J connectivity index is 2.51. The molecule has 0 unspecified atom stereocenters. The fraction of sp³-hybridized carbons (Fsp3) is 0.750. The second-order valence-electron chi connectivity index (χ2n) is 5.68. The van der Waals surface area contributed by atoms with E-state index in [1.165, 1.54) is 4.68 Å². The largest absolute Gasteiger partial charge is 0.382 e. The molecule has 1 aliphatic rings. The predicted octanol–water partition coefficient (Wildman–Crippen LogP) is 1.56. The molecule has 0 aliphatic heterocycles. The quantitative estimate of drug-likeness (QED) is 0.916. The summed E-state index contributed by atoms with van der Waals surface area (Å²) in [5.41, 5.74) is -0.107. The lowest BCUT2D eigenvalue weighted by molar-refractivity contribution is -0.0986. The van der Waals surface area contributed by atoms with E-state index in [0.717, 1.165) is 6.26 Å². The predicted molar refractivity (Wildman–Crippen MR) is 68.4 cm³/mol. The van der Waals surface area contributed by atoms with Gasteiger partial charge in [0.25, 0.3) is 5.92 Å². The minimum Gasteiger partial charge on any atom is -0.382 e. The van der Waals surface area contributed by atoms with Gasteiger partial charge in [-0.25, -0.2) is 17.2 Å². The van der Waals surface area contributed by atoms with E-state index >= 15 is 0 Å². The van der Waals surface area contributed by atoms with Gasteiger partial charge in [0.05, 0.1) is 12.1 Å². The van der Waals surface area contributed by atoms with Crippen molar-refractivity contribution in [3.63, 3.8) is 0 Å². The molecular weight excluding hydrogens is 290 g/mol. The van der Waals surface area contributed by atoms with Crippen molar-refractivity contribution in [2.24, 2.45) is 5.92 Å². The lowest BCUT2D eigenvalue weighted by Crippen LogP contribution is -2.24. The van der Waals surface area contributed by atoms with E-state index in [4.69, 9.17) is 0 Å². The Morgan fingerprint density at radius 2 is 2.10 bits per heavy atom. The third-order valence-electron chi connectivity index (χ3n) is 3.41. The van der Waals surface area contributed by atoms with Crippen LogP contribution in [0.15, 0.2) is 5.03 Å². The number of rotatable bonds is 4. The zero-order chi connectivity index (χ0) is 15.3. The van der Waals surface area contributed by atoms with Crippen LogP contribution < -0.4 is 0 Å². The number of aryl methyl sites for hydroxylation is 1. The maximum Gasteiger partial charge on any atom is 0.283 e. The lowest BCUT2D eigenvalue weighted by Gasteiger charge is -2.14. The van der Waals surface area contributed by atoms with Crippen LogP contribution in [0.5, 0.6) is 0 Å². The number of nitrogens with zero attached hydrogens (tertiary/aromatic N) is 2. The Kier molecular flexibility index (Phi) is 3.66. The normalized spacial score (nSPS) is 21.4. The van der Waals surface area contributed by atoms with Crippen LogP contribution in [0.25, 0.3) is 0 Å². The summed E-state index contributed by atoms with van der Waals surface area (Å²) in [7, 11) is -3.75. The Hall–Kier alpha value is -1.02. The van der Waals surface area contributed by atoms with Gasteiger partial charge in [-0.05, 0) is 12.3 Å². The monoisotopic (exact) mass is 308 g/mol. The van der Waals surface area contributed by atoms with Crippen molar-refractivity contribution in [1.82, 2.24) is 9.78 Å². The van der Waals surface area contributed by atoms with Gasteiger partial charge in [-0.3, -0.25) is 4.68 Å². The van der Waals surface area contributed by atoms with E-state index in [1.807, 2.05) is 13.8 Å². The summed E-state index contributed by atoms with van der Waals surface area (Å²) < 4.78 is 51.9. The van der Waals surface area contributed by atoms with Gasteiger partial charge in [0.15, 0.2) is 14.9 Å². The van der Waals surface area contributed by atoms with Crippen molar-refractivity contribution >= 4 is 9.84 Å². The number of halogens is 2. The number of aliphatic hydroxyl groups excluding tert-OH is 1. The summed E-state index contributed by atoms with van der Waals surface area (Å²) >= 11 is 0. The average molecular weight is 308 g/mol. The number of alkyl halides is 2. The summed E-state index contributed by atoms with van der Waals surface area (Å²) in [5, 5.41) is 13.2. The van der Waals surface area contributed by atoms with Crippen LogP contribution in [0, 0.1) is 5.92 Å². The van der Waals surface area contributed by atoms with E-state index in [-0.39, 0.29) is 11.3 Å². The first-order valence-corrected chi connectivity index (χ1v) is 8.28. The summed E-state index contributed by atoms with van der Waals surface area (Å²) in [6.07, 6.45) is -1.18. The first-order chi connectivity index (χ1) is 9.04. The summed E-state index contributed by atoms with van der Waals surface area (Å²) in [5.74, 6) is -3.00. The number of fused-ring (bicyclic) bond motifs is 1. The molecule has 1 aromatic rings. The maximum atomic E-state index is 13.6. The second-order valence-corrected chi connectivity index (χ2v) is 7.61. The van der Waals surface area contributed by atoms with Gasteiger partial charge in [-0.1, -0.05) is 13.8 Å². The van der Waals surface area contributed by atoms with Crippen molar-refractivity contribution in [3.05, 3.63) is 11.3 Å². The minimum atomic E-state index is -3.75. The molecule has 1 atom stereocenters. The first kappa shape index (κ1) is 15.4. The molecule has 0 aromatic carbocycles. The number of sulfone groups is 1. The number of aromatic nitrogens is 2. The molecule has 0 bridgehead atoms. The molecule has 0 radical (unpaired) electrons. The standard InChI is InChI=1S/C12H18F2N2O3S/c1-7(2)4-5-16-8-6-12(13,14)10(17)9(8)11(15-16)20(3,18)19/h7,10,17H,4-6H2,1-3H3/t10-/m0/s1. The van der Waals surface area contributed by atoms with Gasteiger partial charge in [0, 0.05) is 18.4 Å². The van der Waals surface area contributed by atoms with Crippen LogP contribution in [0.3, 0.4) is 0 Å². The molecule has 0 spiro atoms. The van der Waals surface area contributed by atoms with Crippen LogP contribution in [0.2, 0.25) is 0 Å². The average Bonchev–Trinajstić information content (AvgIpc) is 2.72. The summed E-state index contributed by atoms with van der Waals surface area (Å²) in [4.78, 5) is 0. The zero-order valence-electron chi connectivity index (χ0n) is 11.6. The SMILES string of the molecule is CC(C)CCn1nc(S(C)(=O)=O)c2c1CC(F)(F)[C@H]2O. The molecule has 2 rings (SSSR count). The fourth-order valence-electron chi connectivity index (χ4n) is 2.32. The summed E-state index contributed by atoms with van der Waals surface area (Å²) in [6.45, 7) is 4.31. The highest BCUT2D eigenvalue weighted by atomic mass is 32.2. The molecule has 0 saturated carbocycles. The smallest absolute Gasteiger partial charge is 0.283 e. The molecule has 1 aliphatic carbocycles. The van der Waals surface area contributed by atoms with Gasteiger partial charge < -0.3 is 5.11 Å². The fourth-order valence-corrected chi connectivity index (χ4v) is 3.19. The van der Waals surface area contributed by atoms with Crippen molar-refractivity contribution < 1.29 is 22.3 Å². The zero-order valence-corrected chi connectivity index (χ0v) is 12.4. The van der Waals surface area contributed by atoms with E-state index in [0.29, 0.717) is 18.9 Å².